The van der Waals surface area contributed by atoms with Gasteiger partial charge in [-0.1, -0.05) is 12.1 Å². The van der Waals surface area contributed by atoms with E-state index in [0.717, 1.165) is 31.3 Å². The van der Waals surface area contributed by atoms with Crippen molar-refractivity contribution in [2.45, 2.75) is 25.8 Å². The number of nitrogens with zero attached hydrogens (tertiary/aromatic N) is 2. The molecule has 0 saturated carbocycles. The van der Waals surface area contributed by atoms with Crippen LogP contribution in [0.25, 0.3) is 0 Å². The average molecular weight is 569 g/mol. The monoisotopic (exact) mass is 568 g/mol. The van der Waals surface area contributed by atoms with Crippen molar-refractivity contribution in [3.8, 4) is 5.75 Å². The Morgan fingerprint density at radius 1 is 1.16 bits per heavy atom. The number of hydrogen-bond donors (Lipinski definition) is 2. The first kappa shape index (κ1) is 27.9. The van der Waals surface area contributed by atoms with Crippen LogP contribution in [-0.2, 0) is 14.6 Å². The van der Waals surface area contributed by atoms with Crippen LogP contribution in [0.15, 0.2) is 29.3 Å². The molecule has 1 heterocycles. The fourth-order valence-electron chi connectivity index (χ4n) is 3.38. The zero-order chi connectivity index (χ0) is 21.8. The highest BCUT2D eigenvalue weighted by atomic mass is 127. The lowest BCUT2D eigenvalue weighted by atomic mass is 10.1. The van der Waals surface area contributed by atoms with Gasteiger partial charge >= 0.3 is 0 Å². The Morgan fingerprint density at radius 2 is 1.84 bits per heavy atom. The maximum absolute atomic E-state index is 11.1. The van der Waals surface area contributed by atoms with Crippen LogP contribution in [0.4, 0.5) is 0 Å². The van der Waals surface area contributed by atoms with Crippen LogP contribution in [0.3, 0.4) is 0 Å². The summed E-state index contributed by atoms with van der Waals surface area (Å²) in [6.07, 6.45) is 3.66. The molecule has 1 fully saturated rings. The SMILES string of the molecule is CCNC(=NCC(c1ccc(OC)cc1)N1CCCC1)NCCOCCS(C)(=O)=O.I. The molecular formula is C21H37IN4O4S. The summed E-state index contributed by atoms with van der Waals surface area (Å²) in [6, 6.07) is 8.46. The van der Waals surface area contributed by atoms with Gasteiger partial charge in [0.2, 0.25) is 0 Å². The molecule has 1 saturated heterocycles. The Balaban J connectivity index is 0.00000480. The first-order valence-electron chi connectivity index (χ1n) is 10.6. The van der Waals surface area contributed by atoms with Crippen LogP contribution >= 0.6 is 24.0 Å². The van der Waals surface area contributed by atoms with E-state index in [2.05, 4.69) is 27.7 Å². The summed E-state index contributed by atoms with van der Waals surface area (Å²) in [4.78, 5) is 7.29. The number of guanidine groups is 1. The molecule has 2 N–H and O–H groups in total. The molecule has 0 spiro atoms. The zero-order valence-corrected chi connectivity index (χ0v) is 21.9. The normalized spacial score (nSPS) is 15.9. The Labute approximate surface area is 204 Å². The molecule has 0 amide bonds. The van der Waals surface area contributed by atoms with Crippen molar-refractivity contribution < 1.29 is 17.9 Å². The summed E-state index contributed by atoms with van der Waals surface area (Å²) in [7, 11) is -1.31. The lowest BCUT2D eigenvalue weighted by Crippen LogP contribution is -2.40. The van der Waals surface area contributed by atoms with E-state index in [1.54, 1.807) is 7.11 Å². The number of rotatable bonds is 12. The number of methoxy groups -OCH3 is 1. The molecule has 178 valence electrons. The van der Waals surface area contributed by atoms with Gasteiger partial charge in [0.1, 0.15) is 15.6 Å². The number of hydrogen-bond acceptors (Lipinski definition) is 6. The summed E-state index contributed by atoms with van der Waals surface area (Å²) in [6.45, 7) is 6.81. The Bertz CT molecular complexity index is 753. The second-order valence-electron chi connectivity index (χ2n) is 7.42. The summed E-state index contributed by atoms with van der Waals surface area (Å²) < 4.78 is 32.9. The standard InChI is InChI=1S/C21H36N4O4S.HI/c1-4-22-21(23-11-14-29-15-16-30(3,26)27)24-17-20(25-12-5-6-13-25)18-7-9-19(28-2)10-8-18;/h7-10,20H,4-6,11-17H2,1-3H3,(H2,22,23,24);1H. The van der Waals surface area contributed by atoms with Crippen LogP contribution in [0.2, 0.25) is 0 Å². The first-order valence-corrected chi connectivity index (χ1v) is 12.6. The van der Waals surface area contributed by atoms with E-state index < -0.39 is 9.84 Å². The number of halogens is 1. The largest absolute Gasteiger partial charge is 0.497 e. The van der Waals surface area contributed by atoms with E-state index in [1.807, 2.05) is 19.1 Å². The molecular weight excluding hydrogens is 531 g/mol. The average Bonchev–Trinajstić information content (AvgIpc) is 3.24. The molecule has 8 nitrogen and oxygen atoms in total. The van der Waals surface area contributed by atoms with Gasteiger partial charge < -0.3 is 20.1 Å². The molecule has 1 atom stereocenters. The number of sulfone groups is 1. The third kappa shape index (κ3) is 10.8. The third-order valence-electron chi connectivity index (χ3n) is 4.99. The lowest BCUT2D eigenvalue weighted by Gasteiger charge is -2.27. The molecule has 0 radical (unpaired) electrons. The fourth-order valence-corrected chi connectivity index (χ4v) is 3.81. The maximum Gasteiger partial charge on any atom is 0.191 e. The molecule has 1 aromatic carbocycles. The van der Waals surface area contributed by atoms with Gasteiger partial charge in [-0.05, 0) is 50.6 Å². The van der Waals surface area contributed by atoms with Crippen molar-refractivity contribution in [3.63, 3.8) is 0 Å². The smallest absolute Gasteiger partial charge is 0.191 e. The van der Waals surface area contributed by atoms with Crippen LogP contribution in [-0.4, -0.2) is 84.3 Å². The predicted molar refractivity (Wildman–Crippen MR) is 136 cm³/mol. The molecule has 0 aromatic heterocycles. The number of likely N-dealkylation sites (tertiary alicyclic amines) is 1. The van der Waals surface area contributed by atoms with Gasteiger partial charge in [-0.15, -0.1) is 24.0 Å². The topological polar surface area (TPSA) is 92.3 Å². The Hall–Kier alpha value is -1.11. The highest BCUT2D eigenvalue weighted by Crippen LogP contribution is 2.27. The van der Waals surface area contributed by atoms with Crippen molar-refractivity contribution in [1.82, 2.24) is 15.5 Å². The molecule has 31 heavy (non-hydrogen) atoms. The van der Waals surface area contributed by atoms with E-state index in [1.165, 1.54) is 24.7 Å². The van der Waals surface area contributed by atoms with Crippen molar-refractivity contribution in [3.05, 3.63) is 29.8 Å². The van der Waals surface area contributed by atoms with Gasteiger partial charge in [-0.2, -0.15) is 0 Å². The number of ether oxygens (including phenoxy) is 2. The highest BCUT2D eigenvalue weighted by molar-refractivity contribution is 14.0. The van der Waals surface area contributed by atoms with Crippen molar-refractivity contribution in [2.24, 2.45) is 4.99 Å². The second-order valence-corrected chi connectivity index (χ2v) is 9.68. The quantitative estimate of drug-likeness (QED) is 0.173. The lowest BCUT2D eigenvalue weighted by molar-refractivity contribution is 0.154. The van der Waals surface area contributed by atoms with Crippen molar-refractivity contribution >= 4 is 39.8 Å². The number of nitrogens with one attached hydrogen (secondary N) is 2. The van der Waals surface area contributed by atoms with Gasteiger partial charge in [-0.25, -0.2) is 8.42 Å². The number of benzene rings is 1. The minimum absolute atomic E-state index is 0. The van der Waals surface area contributed by atoms with Crippen LogP contribution in [0, 0.1) is 0 Å². The predicted octanol–water partition coefficient (Wildman–Crippen LogP) is 2.07. The summed E-state index contributed by atoms with van der Waals surface area (Å²) in [5, 5.41) is 6.52. The maximum atomic E-state index is 11.1. The second kappa shape index (κ2) is 14.9. The van der Waals surface area contributed by atoms with Gasteiger partial charge in [0.05, 0.1) is 38.7 Å². The molecule has 1 aliphatic rings. The van der Waals surface area contributed by atoms with Crippen LogP contribution in [0.5, 0.6) is 5.75 Å². The molecule has 1 unspecified atom stereocenters. The van der Waals surface area contributed by atoms with E-state index in [4.69, 9.17) is 14.5 Å². The van der Waals surface area contributed by atoms with Gasteiger partial charge in [0.15, 0.2) is 5.96 Å². The fraction of sp³-hybridized carbons (Fsp3) is 0.667. The first-order chi connectivity index (χ1) is 14.4. The highest BCUT2D eigenvalue weighted by Gasteiger charge is 2.23. The Morgan fingerprint density at radius 3 is 2.42 bits per heavy atom. The van der Waals surface area contributed by atoms with Gasteiger partial charge in [-0.3, -0.25) is 9.89 Å². The Kier molecular flexibility index (Phi) is 13.4. The van der Waals surface area contributed by atoms with E-state index in [9.17, 15) is 8.42 Å². The van der Waals surface area contributed by atoms with Crippen LogP contribution in [0.1, 0.15) is 31.4 Å². The summed E-state index contributed by atoms with van der Waals surface area (Å²) >= 11 is 0. The van der Waals surface area contributed by atoms with Crippen molar-refractivity contribution in [1.29, 1.82) is 0 Å². The minimum Gasteiger partial charge on any atom is -0.497 e. The van der Waals surface area contributed by atoms with Gasteiger partial charge in [0.25, 0.3) is 0 Å². The van der Waals surface area contributed by atoms with E-state index in [-0.39, 0.29) is 42.4 Å². The summed E-state index contributed by atoms with van der Waals surface area (Å²) in [5.74, 6) is 1.63. The van der Waals surface area contributed by atoms with Gasteiger partial charge in [0, 0.05) is 19.3 Å². The molecule has 2 rings (SSSR count). The third-order valence-corrected chi connectivity index (χ3v) is 5.89. The molecule has 0 bridgehead atoms. The molecule has 1 aromatic rings. The molecule has 10 heteroatoms. The zero-order valence-electron chi connectivity index (χ0n) is 18.8. The van der Waals surface area contributed by atoms with E-state index in [0.29, 0.717) is 19.7 Å². The molecule has 0 aliphatic carbocycles. The minimum atomic E-state index is -2.99. The van der Waals surface area contributed by atoms with Crippen LogP contribution < -0.4 is 15.4 Å². The molecule has 1 aliphatic heterocycles. The number of aliphatic imine (C=N–C) groups is 1. The van der Waals surface area contributed by atoms with Crippen molar-refractivity contribution in [2.75, 3.05) is 65.1 Å². The summed E-state index contributed by atoms with van der Waals surface area (Å²) in [5.41, 5.74) is 1.24. The van der Waals surface area contributed by atoms with E-state index >= 15 is 0 Å².